The second-order valence-corrected chi connectivity index (χ2v) is 6.88. The van der Waals surface area contributed by atoms with Crippen molar-refractivity contribution in [2.75, 3.05) is 12.4 Å². The molecule has 0 atom stereocenters. The minimum Gasteiger partial charge on any atom is -0.496 e. The van der Waals surface area contributed by atoms with E-state index >= 15 is 0 Å². The summed E-state index contributed by atoms with van der Waals surface area (Å²) in [5, 5.41) is 5.60. The van der Waals surface area contributed by atoms with Gasteiger partial charge in [0.1, 0.15) is 5.75 Å². The summed E-state index contributed by atoms with van der Waals surface area (Å²) in [5.74, 6) is -0.202. The number of oxazole rings is 1. The molecule has 2 amide bonds. The largest absolute Gasteiger partial charge is 0.496 e. The van der Waals surface area contributed by atoms with Gasteiger partial charge in [-0.2, -0.15) is 0 Å². The van der Waals surface area contributed by atoms with Gasteiger partial charge >= 0.3 is 11.8 Å². The molecule has 27 heavy (non-hydrogen) atoms. The van der Waals surface area contributed by atoms with E-state index in [0.717, 1.165) is 32.1 Å². The van der Waals surface area contributed by atoms with Crippen molar-refractivity contribution in [3.05, 3.63) is 30.8 Å². The van der Waals surface area contributed by atoms with Gasteiger partial charge in [0.25, 0.3) is 0 Å². The molecule has 0 aliphatic heterocycles. The number of aromatic nitrogens is 1. The molecular formula is C20H25N3O4. The Labute approximate surface area is 158 Å². The second kappa shape index (κ2) is 8.24. The molecule has 0 radical (unpaired) electrons. The normalized spacial score (nSPS) is 15.8. The predicted molar refractivity (Wildman–Crippen MR) is 101 cm³/mol. The minimum absolute atomic E-state index is 0.263. The van der Waals surface area contributed by atoms with Crippen molar-refractivity contribution >= 4 is 17.5 Å². The van der Waals surface area contributed by atoms with Crippen molar-refractivity contribution in [3.63, 3.8) is 0 Å². The van der Waals surface area contributed by atoms with Crippen molar-refractivity contribution in [1.29, 1.82) is 0 Å². The van der Waals surface area contributed by atoms with E-state index in [1.165, 1.54) is 19.9 Å². The number of nitrogens with one attached hydrogen (secondary N) is 2. The highest BCUT2D eigenvalue weighted by molar-refractivity contribution is 6.39. The van der Waals surface area contributed by atoms with Crippen LogP contribution in [-0.2, 0) is 9.59 Å². The van der Waals surface area contributed by atoms with E-state index < -0.39 is 11.8 Å². The number of carbonyl (C=O) groups excluding carboxylic acids is 2. The summed E-state index contributed by atoms with van der Waals surface area (Å²) < 4.78 is 10.7. The second-order valence-electron chi connectivity index (χ2n) is 6.88. The number of ether oxygens (including phenoxy) is 1. The number of rotatable bonds is 5. The van der Waals surface area contributed by atoms with E-state index in [1.54, 1.807) is 24.4 Å². The van der Waals surface area contributed by atoms with E-state index in [-0.39, 0.29) is 5.54 Å². The third-order valence-corrected chi connectivity index (χ3v) is 5.23. The average molecular weight is 371 g/mol. The maximum atomic E-state index is 12.4. The molecule has 0 saturated heterocycles. The molecule has 0 spiro atoms. The van der Waals surface area contributed by atoms with Gasteiger partial charge in [-0.3, -0.25) is 9.59 Å². The Morgan fingerprint density at radius 2 is 2.00 bits per heavy atom. The predicted octanol–water partition coefficient (Wildman–Crippen LogP) is 3.52. The SMILES string of the molecule is CCC1(NC(=O)C(=O)Nc2ccc(-c3cnco3)c(OC)c2)CCCCC1. The molecule has 3 rings (SSSR count). The van der Waals surface area contributed by atoms with Gasteiger partial charge in [-0.25, -0.2) is 4.98 Å². The molecule has 1 aromatic carbocycles. The number of carbonyl (C=O) groups is 2. The van der Waals surface area contributed by atoms with E-state index in [0.29, 0.717) is 22.8 Å². The van der Waals surface area contributed by atoms with Crippen molar-refractivity contribution in [2.24, 2.45) is 0 Å². The Bertz CT molecular complexity index is 796. The molecular weight excluding hydrogens is 346 g/mol. The highest BCUT2D eigenvalue weighted by atomic mass is 16.5. The first-order chi connectivity index (χ1) is 13.1. The summed E-state index contributed by atoms with van der Waals surface area (Å²) in [7, 11) is 1.53. The van der Waals surface area contributed by atoms with Crippen LogP contribution in [0.5, 0.6) is 5.75 Å². The molecule has 0 bridgehead atoms. The molecule has 1 aliphatic rings. The number of benzene rings is 1. The lowest BCUT2D eigenvalue weighted by molar-refractivity contribution is -0.137. The highest BCUT2D eigenvalue weighted by Gasteiger charge is 2.33. The Morgan fingerprint density at radius 3 is 2.63 bits per heavy atom. The Hall–Kier alpha value is -2.83. The highest BCUT2D eigenvalue weighted by Crippen LogP contribution is 2.33. The fourth-order valence-corrected chi connectivity index (χ4v) is 3.60. The number of nitrogens with zero attached hydrogens (tertiary/aromatic N) is 1. The minimum atomic E-state index is -0.678. The number of amides is 2. The lowest BCUT2D eigenvalue weighted by atomic mass is 9.79. The molecule has 1 aliphatic carbocycles. The molecule has 2 aromatic rings. The van der Waals surface area contributed by atoms with Crippen LogP contribution in [0.1, 0.15) is 45.4 Å². The van der Waals surface area contributed by atoms with E-state index in [4.69, 9.17) is 9.15 Å². The number of hydrogen-bond donors (Lipinski definition) is 2. The summed E-state index contributed by atoms with van der Waals surface area (Å²) in [5.41, 5.74) is 0.926. The topological polar surface area (TPSA) is 93.5 Å². The van der Waals surface area contributed by atoms with Crippen molar-refractivity contribution in [2.45, 2.75) is 51.0 Å². The van der Waals surface area contributed by atoms with Crippen LogP contribution in [0.2, 0.25) is 0 Å². The van der Waals surface area contributed by atoms with Gasteiger partial charge in [-0.15, -0.1) is 0 Å². The molecule has 1 fully saturated rings. The average Bonchev–Trinajstić information content (AvgIpc) is 3.23. The first kappa shape index (κ1) is 18.9. The Balaban J connectivity index is 1.69. The number of anilines is 1. The fourth-order valence-electron chi connectivity index (χ4n) is 3.60. The zero-order chi connectivity index (χ0) is 19.3. The third kappa shape index (κ3) is 4.30. The summed E-state index contributed by atoms with van der Waals surface area (Å²) in [6, 6.07) is 5.10. The van der Waals surface area contributed by atoms with Gasteiger partial charge in [0.15, 0.2) is 12.2 Å². The Morgan fingerprint density at radius 1 is 1.22 bits per heavy atom. The van der Waals surface area contributed by atoms with Crippen molar-refractivity contribution in [1.82, 2.24) is 10.3 Å². The van der Waals surface area contributed by atoms with Crippen LogP contribution in [0.15, 0.2) is 35.2 Å². The van der Waals surface area contributed by atoms with E-state index in [1.807, 2.05) is 0 Å². The van der Waals surface area contributed by atoms with Gasteiger partial charge in [-0.05, 0) is 31.4 Å². The van der Waals surface area contributed by atoms with Gasteiger partial charge in [-0.1, -0.05) is 26.2 Å². The number of hydrogen-bond acceptors (Lipinski definition) is 5. The molecule has 144 valence electrons. The summed E-state index contributed by atoms with van der Waals surface area (Å²) in [6.07, 6.45) is 8.92. The zero-order valence-electron chi connectivity index (χ0n) is 15.7. The summed E-state index contributed by atoms with van der Waals surface area (Å²) in [6.45, 7) is 2.05. The maximum absolute atomic E-state index is 12.4. The Kier molecular flexibility index (Phi) is 5.78. The van der Waals surface area contributed by atoms with E-state index in [2.05, 4.69) is 22.5 Å². The van der Waals surface area contributed by atoms with Crippen LogP contribution in [0.4, 0.5) is 5.69 Å². The molecule has 2 N–H and O–H groups in total. The van der Waals surface area contributed by atoms with Crippen LogP contribution in [0.3, 0.4) is 0 Å². The van der Waals surface area contributed by atoms with Crippen LogP contribution in [0.25, 0.3) is 11.3 Å². The third-order valence-electron chi connectivity index (χ3n) is 5.23. The van der Waals surface area contributed by atoms with E-state index in [9.17, 15) is 9.59 Å². The van der Waals surface area contributed by atoms with Gasteiger partial charge in [0, 0.05) is 17.3 Å². The molecule has 1 saturated carbocycles. The maximum Gasteiger partial charge on any atom is 0.313 e. The lowest BCUT2D eigenvalue weighted by Gasteiger charge is -2.37. The standard InChI is InChI=1S/C20H25N3O4/c1-3-20(9-5-4-6-10-20)23-19(25)18(24)22-14-7-8-15(16(11-14)26-2)17-12-21-13-27-17/h7-8,11-13H,3-6,9-10H2,1-2H3,(H,22,24)(H,23,25). The zero-order valence-corrected chi connectivity index (χ0v) is 15.7. The molecule has 0 unspecified atom stereocenters. The van der Waals surface area contributed by atoms with Crippen LogP contribution < -0.4 is 15.4 Å². The lowest BCUT2D eigenvalue weighted by Crippen LogP contribution is -2.52. The molecule has 1 aromatic heterocycles. The van der Waals surface area contributed by atoms with Gasteiger partial charge < -0.3 is 19.8 Å². The van der Waals surface area contributed by atoms with Crippen molar-refractivity contribution in [3.8, 4) is 17.1 Å². The summed E-state index contributed by atoms with van der Waals surface area (Å²) in [4.78, 5) is 28.7. The molecule has 1 heterocycles. The first-order valence-corrected chi connectivity index (χ1v) is 9.27. The van der Waals surface area contributed by atoms with Crippen molar-refractivity contribution < 1.29 is 18.7 Å². The van der Waals surface area contributed by atoms with Crippen LogP contribution in [-0.4, -0.2) is 29.4 Å². The smallest absolute Gasteiger partial charge is 0.313 e. The summed E-state index contributed by atoms with van der Waals surface area (Å²) >= 11 is 0. The van der Waals surface area contributed by atoms with Crippen LogP contribution >= 0.6 is 0 Å². The van der Waals surface area contributed by atoms with Gasteiger partial charge in [0.05, 0.1) is 18.9 Å². The van der Waals surface area contributed by atoms with Gasteiger partial charge in [0.2, 0.25) is 0 Å². The number of methoxy groups -OCH3 is 1. The fraction of sp³-hybridized carbons (Fsp3) is 0.450. The first-order valence-electron chi connectivity index (χ1n) is 9.27. The van der Waals surface area contributed by atoms with Crippen LogP contribution in [0, 0.1) is 0 Å². The monoisotopic (exact) mass is 371 g/mol. The molecule has 7 heteroatoms. The quantitative estimate of drug-likeness (QED) is 0.785. The molecule has 7 nitrogen and oxygen atoms in total.